The predicted molar refractivity (Wildman–Crippen MR) is 74.7 cm³/mol. The number of hydrogen-bond donors (Lipinski definition) is 2. The second kappa shape index (κ2) is 5.10. The summed E-state index contributed by atoms with van der Waals surface area (Å²) in [6, 6.07) is 9.46. The number of anilines is 2. The molecule has 0 radical (unpaired) electrons. The van der Waals surface area contributed by atoms with Crippen LogP contribution in [0.1, 0.15) is 21.5 Å². The lowest BCUT2D eigenvalue weighted by molar-refractivity contribution is 0.102. The molecular formula is C15H15FN2O. The minimum Gasteiger partial charge on any atom is -0.398 e. The third-order valence-corrected chi connectivity index (χ3v) is 2.84. The van der Waals surface area contributed by atoms with Gasteiger partial charge in [0.15, 0.2) is 0 Å². The van der Waals surface area contributed by atoms with Crippen molar-refractivity contribution in [2.75, 3.05) is 11.1 Å². The van der Waals surface area contributed by atoms with Crippen molar-refractivity contribution in [3.05, 3.63) is 58.9 Å². The van der Waals surface area contributed by atoms with Gasteiger partial charge in [0.05, 0.1) is 0 Å². The fourth-order valence-electron chi connectivity index (χ4n) is 1.79. The second-order valence-electron chi connectivity index (χ2n) is 4.54. The van der Waals surface area contributed by atoms with Gasteiger partial charge in [-0.15, -0.1) is 0 Å². The molecule has 0 aliphatic rings. The highest BCUT2D eigenvalue weighted by atomic mass is 19.1. The Labute approximate surface area is 111 Å². The molecule has 0 saturated heterocycles. The van der Waals surface area contributed by atoms with Gasteiger partial charge < -0.3 is 11.1 Å². The normalized spacial score (nSPS) is 10.3. The molecule has 0 unspecified atom stereocenters. The van der Waals surface area contributed by atoms with E-state index >= 15 is 0 Å². The Morgan fingerprint density at radius 2 is 1.89 bits per heavy atom. The highest BCUT2D eigenvalue weighted by molar-refractivity contribution is 6.04. The van der Waals surface area contributed by atoms with E-state index in [0.717, 1.165) is 11.1 Å². The largest absolute Gasteiger partial charge is 0.398 e. The van der Waals surface area contributed by atoms with Crippen molar-refractivity contribution in [3.8, 4) is 0 Å². The lowest BCUT2D eigenvalue weighted by Crippen LogP contribution is -2.12. The van der Waals surface area contributed by atoms with E-state index in [4.69, 9.17) is 5.73 Å². The molecule has 0 fully saturated rings. The number of nitrogens with two attached hydrogens (primary N) is 1. The zero-order chi connectivity index (χ0) is 14.0. The van der Waals surface area contributed by atoms with E-state index in [1.54, 1.807) is 31.2 Å². The molecule has 98 valence electrons. The third kappa shape index (κ3) is 3.10. The Balaban J connectivity index is 2.22. The number of rotatable bonds is 2. The van der Waals surface area contributed by atoms with Crippen LogP contribution in [0.4, 0.5) is 15.8 Å². The Hall–Kier alpha value is -2.36. The number of aryl methyl sites for hydroxylation is 2. The first-order valence-electron chi connectivity index (χ1n) is 5.90. The van der Waals surface area contributed by atoms with Gasteiger partial charge in [-0.3, -0.25) is 4.79 Å². The molecule has 0 aliphatic heterocycles. The highest BCUT2D eigenvalue weighted by Gasteiger charge is 2.08. The van der Waals surface area contributed by atoms with E-state index in [0.29, 0.717) is 16.9 Å². The molecule has 3 N–H and O–H groups in total. The monoisotopic (exact) mass is 258 g/mol. The van der Waals surface area contributed by atoms with Crippen molar-refractivity contribution in [1.82, 2.24) is 0 Å². The van der Waals surface area contributed by atoms with Crippen molar-refractivity contribution in [2.24, 2.45) is 0 Å². The summed E-state index contributed by atoms with van der Waals surface area (Å²) in [5, 5.41) is 2.65. The molecule has 2 rings (SSSR count). The van der Waals surface area contributed by atoms with Crippen LogP contribution in [0, 0.1) is 19.7 Å². The van der Waals surface area contributed by atoms with Crippen LogP contribution in [-0.2, 0) is 0 Å². The van der Waals surface area contributed by atoms with Gasteiger partial charge in [-0.1, -0.05) is 6.07 Å². The maximum Gasteiger partial charge on any atom is 0.255 e. The smallest absolute Gasteiger partial charge is 0.255 e. The van der Waals surface area contributed by atoms with Gasteiger partial charge >= 0.3 is 0 Å². The first-order chi connectivity index (χ1) is 8.95. The number of amides is 1. The summed E-state index contributed by atoms with van der Waals surface area (Å²) in [6.07, 6.45) is 0. The zero-order valence-electron chi connectivity index (χ0n) is 10.8. The molecule has 2 aromatic carbocycles. The summed E-state index contributed by atoms with van der Waals surface area (Å²) < 4.78 is 13.2. The van der Waals surface area contributed by atoms with E-state index < -0.39 is 0 Å². The summed E-state index contributed by atoms with van der Waals surface area (Å²) >= 11 is 0. The standard InChI is InChI=1S/C15H15FN2O/c1-9-5-12(16)8-13(6-9)18-15(19)11-4-3-10(2)14(17)7-11/h3-8H,17H2,1-2H3,(H,18,19). The van der Waals surface area contributed by atoms with Gasteiger partial charge in [0, 0.05) is 16.9 Å². The number of carbonyl (C=O) groups is 1. The molecule has 0 aliphatic carbocycles. The molecule has 2 aromatic rings. The van der Waals surface area contributed by atoms with Crippen molar-refractivity contribution >= 4 is 17.3 Å². The van der Waals surface area contributed by atoms with Gasteiger partial charge in [-0.2, -0.15) is 0 Å². The van der Waals surface area contributed by atoms with Crippen LogP contribution < -0.4 is 11.1 Å². The maximum absolute atomic E-state index is 13.2. The maximum atomic E-state index is 13.2. The van der Waals surface area contributed by atoms with Gasteiger partial charge in [0.25, 0.3) is 5.91 Å². The molecule has 0 spiro atoms. The molecular weight excluding hydrogens is 243 g/mol. The molecule has 0 atom stereocenters. The van der Waals surface area contributed by atoms with Crippen LogP contribution in [0.2, 0.25) is 0 Å². The number of benzene rings is 2. The van der Waals surface area contributed by atoms with Crippen LogP contribution in [0.25, 0.3) is 0 Å². The summed E-state index contributed by atoms with van der Waals surface area (Å²) in [7, 11) is 0. The topological polar surface area (TPSA) is 55.1 Å². The number of nitrogen functional groups attached to an aromatic ring is 1. The van der Waals surface area contributed by atoms with Crippen LogP contribution >= 0.6 is 0 Å². The predicted octanol–water partition coefficient (Wildman–Crippen LogP) is 3.28. The summed E-state index contributed by atoms with van der Waals surface area (Å²) in [4.78, 5) is 12.0. The van der Waals surface area contributed by atoms with Crippen molar-refractivity contribution in [3.63, 3.8) is 0 Å². The SMILES string of the molecule is Cc1cc(F)cc(NC(=O)c2ccc(C)c(N)c2)c1. The van der Waals surface area contributed by atoms with E-state index in [9.17, 15) is 9.18 Å². The quantitative estimate of drug-likeness (QED) is 0.812. The van der Waals surface area contributed by atoms with Crippen molar-refractivity contribution < 1.29 is 9.18 Å². The highest BCUT2D eigenvalue weighted by Crippen LogP contribution is 2.17. The van der Waals surface area contributed by atoms with Gasteiger partial charge in [-0.05, 0) is 55.3 Å². The molecule has 0 heterocycles. The first-order valence-corrected chi connectivity index (χ1v) is 5.90. The van der Waals surface area contributed by atoms with Crippen LogP contribution in [-0.4, -0.2) is 5.91 Å². The van der Waals surface area contributed by atoms with Crippen molar-refractivity contribution in [1.29, 1.82) is 0 Å². The fourth-order valence-corrected chi connectivity index (χ4v) is 1.79. The number of carbonyl (C=O) groups excluding carboxylic acids is 1. The number of nitrogens with one attached hydrogen (secondary N) is 1. The summed E-state index contributed by atoms with van der Waals surface area (Å²) in [6.45, 7) is 3.63. The second-order valence-corrected chi connectivity index (χ2v) is 4.54. The molecule has 1 amide bonds. The molecule has 0 aromatic heterocycles. The molecule has 3 nitrogen and oxygen atoms in total. The van der Waals surface area contributed by atoms with E-state index in [1.807, 2.05) is 6.92 Å². The van der Waals surface area contributed by atoms with Gasteiger partial charge in [0.1, 0.15) is 5.82 Å². The molecule has 4 heteroatoms. The Bertz CT molecular complexity index is 618. The van der Waals surface area contributed by atoms with Crippen LogP contribution in [0.5, 0.6) is 0 Å². The summed E-state index contributed by atoms with van der Waals surface area (Å²) in [5.74, 6) is -0.685. The minimum atomic E-state index is -0.376. The Morgan fingerprint density at radius 1 is 1.16 bits per heavy atom. The molecule has 19 heavy (non-hydrogen) atoms. The lowest BCUT2D eigenvalue weighted by atomic mass is 10.1. The van der Waals surface area contributed by atoms with Crippen molar-refractivity contribution in [2.45, 2.75) is 13.8 Å². The van der Waals surface area contributed by atoms with Crippen LogP contribution in [0.3, 0.4) is 0 Å². The average Bonchev–Trinajstić information content (AvgIpc) is 2.31. The fraction of sp³-hybridized carbons (Fsp3) is 0.133. The molecule has 0 bridgehead atoms. The average molecular weight is 258 g/mol. The Kier molecular flexibility index (Phi) is 3.51. The zero-order valence-corrected chi connectivity index (χ0v) is 10.8. The lowest BCUT2D eigenvalue weighted by Gasteiger charge is -2.08. The third-order valence-electron chi connectivity index (χ3n) is 2.84. The minimum absolute atomic E-state index is 0.309. The van der Waals surface area contributed by atoms with Gasteiger partial charge in [-0.25, -0.2) is 4.39 Å². The van der Waals surface area contributed by atoms with Crippen LogP contribution in [0.15, 0.2) is 36.4 Å². The van der Waals surface area contributed by atoms with Gasteiger partial charge in [0.2, 0.25) is 0 Å². The van der Waals surface area contributed by atoms with E-state index in [1.165, 1.54) is 12.1 Å². The van der Waals surface area contributed by atoms with E-state index in [-0.39, 0.29) is 11.7 Å². The van der Waals surface area contributed by atoms with E-state index in [2.05, 4.69) is 5.32 Å². The molecule has 0 saturated carbocycles. The Morgan fingerprint density at radius 3 is 2.53 bits per heavy atom. The summed E-state index contributed by atoms with van der Waals surface area (Å²) in [5.41, 5.74) is 8.86. The number of halogens is 1. The first kappa shape index (κ1) is 13.1. The number of hydrogen-bond acceptors (Lipinski definition) is 2.